The van der Waals surface area contributed by atoms with Gasteiger partial charge in [-0.05, 0) is 12.3 Å². The second-order valence-corrected chi connectivity index (χ2v) is 3.77. The van der Waals surface area contributed by atoms with Gasteiger partial charge in [0.05, 0.1) is 0 Å². The molecule has 0 aromatic rings. The van der Waals surface area contributed by atoms with Gasteiger partial charge in [-0.2, -0.15) is 0 Å². The molecule has 3 aliphatic rings. The molecule has 3 rings (SSSR count). The van der Waals surface area contributed by atoms with E-state index in [1.807, 2.05) is 0 Å². The van der Waals surface area contributed by atoms with Crippen molar-refractivity contribution in [3.8, 4) is 0 Å². The Kier molecular flexibility index (Phi) is 1.02. The number of amides is 2. The molecule has 1 saturated carbocycles. The lowest BCUT2D eigenvalue weighted by Crippen LogP contribution is -2.26. The highest BCUT2D eigenvalue weighted by molar-refractivity contribution is 6.23. The van der Waals surface area contributed by atoms with Crippen LogP contribution in [-0.4, -0.2) is 17.6 Å². The highest BCUT2D eigenvalue weighted by Crippen LogP contribution is 2.48. The smallest absolute Gasteiger partial charge is 0.255 e. The van der Waals surface area contributed by atoms with Gasteiger partial charge >= 0.3 is 0 Å². The van der Waals surface area contributed by atoms with E-state index in [1.54, 1.807) is 0 Å². The van der Waals surface area contributed by atoms with Gasteiger partial charge in [0, 0.05) is 23.5 Å². The van der Waals surface area contributed by atoms with Crippen LogP contribution in [0.3, 0.4) is 0 Å². The standard InChI is InChI=1S/C9H7NO3/c11-5-2-3-1-4(5)7-6(3)8(12)10-9(7)13/h3-4H,1-2H2,(H,10,12,13). The number of imide groups is 1. The summed E-state index contributed by atoms with van der Waals surface area (Å²) in [6.45, 7) is 0. The van der Waals surface area contributed by atoms with Crippen LogP contribution < -0.4 is 5.32 Å². The first-order chi connectivity index (χ1) is 6.18. The Morgan fingerprint density at radius 2 is 1.77 bits per heavy atom. The molecule has 0 spiro atoms. The summed E-state index contributed by atoms with van der Waals surface area (Å²) in [5, 5.41) is 2.24. The third-order valence-electron chi connectivity index (χ3n) is 3.12. The van der Waals surface area contributed by atoms with E-state index in [2.05, 4.69) is 5.32 Å². The van der Waals surface area contributed by atoms with Crippen LogP contribution in [0.15, 0.2) is 11.1 Å². The Hall–Kier alpha value is -1.45. The number of ketones is 1. The van der Waals surface area contributed by atoms with Gasteiger partial charge in [-0.15, -0.1) is 0 Å². The normalized spacial score (nSPS) is 35.8. The summed E-state index contributed by atoms with van der Waals surface area (Å²) >= 11 is 0. The summed E-state index contributed by atoms with van der Waals surface area (Å²) in [6, 6.07) is 0. The van der Waals surface area contributed by atoms with E-state index < -0.39 is 0 Å². The van der Waals surface area contributed by atoms with E-state index in [-0.39, 0.29) is 29.4 Å². The molecule has 13 heavy (non-hydrogen) atoms. The zero-order chi connectivity index (χ0) is 9.16. The van der Waals surface area contributed by atoms with E-state index in [4.69, 9.17) is 0 Å². The first-order valence-corrected chi connectivity index (χ1v) is 4.31. The van der Waals surface area contributed by atoms with Crippen molar-refractivity contribution in [2.75, 3.05) is 0 Å². The van der Waals surface area contributed by atoms with Crippen LogP contribution in [0.25, 0.3) is 0 Å². The Labute approximate surface area is 74.0 Å². The molecular formula is C9H7NO3. The van der Waals surface area contributed by atoms with E-state index in [9.17, 15) is 14.4 Å². The minimum Gasteiger partial charge on any atom is -0.299 e. The Morgan fingerprint density at radius 1 is 1.08 bits per heavy atom. The maximum Gasteiger partial charge on any atom is 0.255 e. The zero-order valence-corrected chi connectivity index (χ0v) is 6.79. The van der Waals surface area contributed by atoms with Gasteiger partial charge in [0.25, 0.3) is 11.8 Å². The van der Waals surface area contributed by atoms with Gasteiger partial charge in [-0.3, -0.25) is 19.7 Å². The van der Waals surface area contributed by atoms with Crippen molar-refractivity contribution in [2.45, 2.75) is 12.8 Å². The largest absolute Gasteiger partial charge is 0.299 e. The van der Waals surface area contributed by atoms with E-state index >= 15 is 0 Å². The van der Waals surface area contributed by atoms with Crippen LogP contribution in [0.4, 0.5) is 0 Å². The molecule has 0 aromatic heterocycles. The van der Waals surface area contributed by atoms with Crippen molar-refractivity contribution in [3.05, 3.63) is 11.1 Å². The molecule has 2 amide bonds. The van der Waals surface area contributed by atoms with Gasteiger partial charge in [-0.25, -0.2) is 0 Å². The number of hydrogen-bond donors (Lipinski definition) is 1. The lowest BCUT2D eigenvalue weighted by atomic mass is 9.92. The van der Waals surface area contributed by atoms with Crippen LogP contribution in [0, 0.1) is 11.8 Å². The summed E-state index contributed by atoms with van der Waals surface area (Å²) < 4.78 is 0. The monoisotopic (exact) mass is 177 g/mol. The number of carbonyl (C=O) groups excluding carboxylic acids is 3. The zero-order valence-electron chi connectivity index (χ0n) is 6.79. The minimum atomic E-state index is -0.347. The molecule has 2 atom stereocenters. The maximum absolute atomic E-state index is 11.3. The van der Waals surface area contributed by atoms with Gasteiger partial charge < -0.3 is 0 Å². The van der Waals surface area contributed by atoms with E-state index in [0.29, 0.717) is 24.0 Å². The first-order valence-electron chi connectivity index (χ1n) is 4.31. The molecule has 1 fully saturated rings. The Bertz CT molecular complexity index is 394. The van der Waals surface area contributed by atoms with Gasteiger partial charge in [0.1, 0.15) is 5.78 Å². The molecule has 1 aliphatic heterocycles. The average Bonchev–Trinajstić information content (AvgIpc) is 2.64. The molecule has 4 nitrogen and oxygen atoms in total. The number of carbonyl (C=O) groups is 3. The predicted octanol–water partition coefficient (Wildman–Crippen LogP) is -0.452. The summed E-state index contributed by atoms with van der Waals surface area (Å²) in [5.41, 5.74) is 1.06. The molecule has 0 saturated heterocycles. The molecule has 2 aliphatic carbocycles. The number of Topliss-reactive ketones (excluding diaryl/α,β-unsaturated/α-hetero) is 1. The van der Waals surface area contributed by atoms with Crippen molar-refractivity contribution in [2.24, 2.45) is 11.8 Å². The van der Waals surface area contributed by atoms with Crippen molar-refractivity contribution in [3.63, 3.8) is 0 Å². The maximum atomic E-state index is 11.3. The van der Waals surface area contributed by atoms with Gasteiger partial charge in [0.15, 0.2) is 0 Å². The summed E-state index contributed by atoms with van der Waals surface area (Å²) in [7, 11) is 0. The number of fused-ring (bicyclic) bond motifs is 4. The van der Waals surface area contributed by atoms with Crippen LogP contribution in [0.2, 0.25) is 0 Å². The third-order valence-corrected chi connectivity index (χ3v) is 3.12. The molecular weight excluding hydrogens is 170 g/mol. The van der Waals surface area contributed by atoms with Gasteiger partial charge in [0.2, 0.25) is 0 Å². The molecule has 4 heteroatoms. The fourth-order valence-corrected chi connectivity index (χ4v) is 2.62. The topological polar surface area (TPSA) is 63.2 Å². The highest BCUT2D eigenvalue weighted by atomic mass is 16.2. The Morgan fingerprint density at radius 3 is 2.54 bits per heavy atom. The molecule has 0 radical (unpaired) electrons. The Balaban J connectivity index is 2.19. The quantitative estimate of drug-likeness (QED) is 0.509. The molecule has 2 unspecified atom stereocenters. The number of hydrogen-bond acceptors (Lipinski definition) is 3. The minimum absolute atomic E-state index is 0.0268. The third kappa shape index (κ3) is 0.646. The van der Waals surface area contributed by atoms with Crippen LogP contribution in [-0.2, 0) is 14.4 Å². The van der Waals surface area contributed by atoms with E-state index in [0.717, 1.165) is 0 Å². The number of rotatable bonds is 0. The fourth-order valence-electron chi connectivity index (χ4n) is 2.62. The lowest BCUT2D eigenvalue weighted by Gasteiger charge is -2.07. The molecule has 1 heterocycles. The first kappa shape index (κ1) is 7.00. The summed E-state index contributed by atoms with van der Waals surface area (Å²) in [5.74, 6) is -0.750. The van der Waals surface area contributed by atoms with E-state index in [1.165, 1.54) is 0 Å². The average molecular weight is 177 g/mol. The van der Waals surface area contributed by atoms with Crippen LogP contribution >= 0.6 is 0 Å². The molecule has 0 aromatic carbocycles. The fraction of sp³-hybridized carbons (Fsp3) is 0.444. The highest BCUT2D eigenvalue weighted by Gasteiger charge is 2.52. The summed E-state index contributed by atoms with van der Waals surface area (Å²) in [4.78, 5) is 33.8. The SMILES string of the molecule is O=C1NC(=O)C2=C1C1CC(=O)C2C1. The van der Waals surface area contributed by atoms with Crippen molar-refractivity contribution < 1.29 is 14.4 Å². The van der Waals surface area contributed by atoms with Crippen molar-refractivity contribution in [1.29, 1.82) is 0 Å². The van der Waals surface area contributed by atoms with Crippen molar-refractivity contribution >= 4 is 17.6 Å². The van der Waals surface area contributed by atoms with Crippen LogP contribution in [0.5, 0.6) is 0 Å². The van der Waals surface area contributed by atoms with Crippen molar-refractivity contribution in [1.82, 2.24) is 5.32 Å². The molecule has 2 bridgehead atoms. The summed E-state index contributed by atoms with van der Waals surface area (Å²) in [6.07, 6.45) is 1.13. The second kappa shape index (κ2) is 1.89. The van der Waals surface area contributed by atoms with Gasteiger partial charge in [-0.1, -0.05) is 0 Å². The van der Waals surface area contributed by atoms with Crippen LogP contribution in [0.1, 0.15) is 12.8 Å². The second-order valence-electron chi connectivity index (χ2n) is 3.77. The molecule has 66 valence electrons. The number of nitrogens with one attached hydrogen (secondary N) is 1. The predicted molar refractivity (Wildman–Crippen MR) is 41.4 cm³/mol. The molecule has 1 N–H and O–H groups in total. The lowest BCUT2D eigenvalue weighted by molar-refractivity contribution is -0.126.